The van der Waals surface area contributed by atoms with Gasteiger partial charge in [0, 0.05) is 41.6 Å². The molecule has 0 radical (unpaired) electrons. The van der Waals surface area contributed by atoms with Gasteiger partial charge < -0.3 is 14.3 Å². The van der Waals surface area contributed by atoms with Gasteiger partial charge in [0.25, 0.3) is 8.32 Å². The van der Waals surface area contributed by atoms with Gasteiger partial charge in [0.05, 0.1) is 31.2 Å². The van der Waals surface area contributed by atoms with E-state index in [2.05, 4.69) is 133 Å². The molecule has 8 rings (SSSR count). The van der Waals surface area contributed by atoms with Gasteiger partial charge in [-0.15, -0.1) is 0 Å². The second kappa shape index (κ2) is 17.5. The third-order valence-corrected chi connectivity index (χ3v) is 18.8. The van der Waals surface area contributed by atoms with Gasteiger partial charge >= 0.3 is 0 Å². The minimum atomic E-state index is -2.91. The van der Waals surface area contributed by atoms with Crippen molar-refractivity contribution in [2.24, 2.45) is 17.8 Å². The molecule has 2 amide bonds. The molecule has 59 heavy (non-hydrogen) atoms. The Balaban J connectivity index is 1.10. The predicted octanol–water partition coefficient (Wildman–Crippen LogP) is 8.90. The molecule has 0 unspecified atom stereocenters. The van der Waals surface area contributed by atoms with E-state index in [1.807, 2.05) is 24.3 Å². The third kappa shape index (κ3) is 8.34. The SMILES string of the molecule is C/C(=C\c1cc(Br)ccc1O)CC[C@H]1OC[C@H]2C1=C(CO[Si](c1ccccc1)(c1ccccc1)C(C)(C)C)C[C@H]1C(=O)N(C3CCN(Cc4ccccc4)CC3)C(=O)[C@H]12. The Morgan fingerprint density at radius 3 is 2.14 bits per heavy atom. The normalized spacial score (nSPS) is 23.2. The van der Waals surface area contributed by atoms with Gasteiger partial charge in [0.1, 0.15) is 5.75 Å². The molecule has 3 saturated heterocycles. The Kier molecular flexibility index (Phi) is 12.3. The highest BCUT2D eigenvalue weighted by Gasteiger charge is 2.59. The van der Waals surface area contributed by atoms with Crippen molar-refractivity contribution >= 4 is 52.5 Å². The zero-order valence-corrected chi connectivity index (χ0v) is 37.4. The lowest BCUT2D eigenvalue weighted by Gasteiger charge is -2.44. The van der Waals surface area contributed by atoms with Crippen LogP contribution in [0.3, 0.4) is 0 Å². The number of amides is 2. The number of carbonyl (C=O) groups is 2. The van der Waals surface area contributed by atoms with E-state index >= 15 is 0 Å². The summed E-state index contributed by atoms with van der Waals surface area (Å²) >= 11 is 3.54. The van der Waals surface area contributed by atoms with E-state index in [0.717, 1.165) is 66.5 Å². The predicted molar refractivity (Wildman–Crippen MR) is 241 cm³/mol. The summed E-state index contributed by atoms with van der Waals surface area (Å²) in [7, 11) is -2.91. The number of rotatable bonds is 12. The molecule has 308 valence electrons. The van der Waals surface area contributed by atoms with Crippen molar-refractivity contribution in [2.75, 3.05) is 26.3 Å². The van der Waals surface area contributed by atoms with Crippen molar-refractivity contribution in [1.29, 1.82) is 0 Å². The molecule has 1 N–H and O–H groups in total. The maximum atomic E-state index is 14.7. The standard InChI is InChI=1S/C50H57BrN2O5Si/c1-34(28-36-29-38(51)21-22-44(36)54)20-23-45-46-37(32-58-59(50(2,3)4,40-16-10-6-11-17-40)41-18-12-7-13-19-41)30-42-47(43(46)33-57-45)49(56)53(48(42)55)39-24-26-52(27-25-39)31-35-14-8-5-9-15-35/h5-19,21-22,28-29,39,42-43,45,47,54H,20,23-27,30-33H2,1-4H3/b34-28+/t42-,43+,45-,47-/m1/s1. The number of halogens is 1. The fraction of sp³-hybridized carbons (Fsp3) is 0.400. The van der Waals surface area contributed by atoms with Crippen molar-refractivity contribution in [3.63, 3.8) is 0 Å². The molecule has 4 aromatic rings. The van der Waals surface area contributed by atoms with Crippen molar-refractivity contribution in [3.05, 3.63) is 142 Å². The summed E-state index contributed by atoms with van der Waals surface area (Å²) in [6.07, 6.45) is 5.40. The topological polar surface area (TPSA) is 79.3 Å². The lowest BCUT2D eigenvalue weighted by atomic mass is 9.69. The molecule has 4 aliphatic rings. The summed E-state index contributed by atoms with van der Waals surface area (Å²) < 4.78 is 15.2. The molecule has 3 fully saturated rings. The van der Waals surface area contributed by atoms with Crippen molar-refractivity contribution in [1.82, 2.24) is 9.80 Å². The van der Waals surface area contributed by atoms with Gasteiger partial charge in [0.15, 0.2) is 0 Å². The molecule has 0 spiro atoms. The molecule has 7 nitrogen and oxygen atoms in total. The number of carbonyl (C=O) groups excluding carboxylic acids is 2. The number of imide groups is 1. The lowest BCUT2D eigenvalue weighted by Crippen LogP contribution is -2.66. The average Bonchev–Trinajstić information content (AvgIpc) is 3.77. The number of likely N-dealkylation sites (tertiary alicyclic amines) is 2. The van der Waals surface area contributed by atoms with E-state index in [4.69, 9.17) is 9.16 Å². The van der Waals surface area contributed by atoms with Crippen molar-refractivity contribution in [2.45, 2.75) is 83.5 Å². The second-order valence-electron chi connectivity index (χ2n) is 18.0. The fourth-order valence-corrected chi connectivity index (χ4v) is 15.4. The minimum Gasteiger partial charge on any atom is -0.507 e. The molecule has 0 bridgehead atoms. The third-order valence-electron chi connectivity index (χ3n) is 13.3. The highest BCUT2D eigenvalue weighted by atomic mass is 79.9. The number of hydrogen-bond acceptors (Lipinski definition) is 6. The smallest absolute Gasteiger partial charge is 0.261 e. The number of fused-ring (bicyclic) bond motifs is 3. The maximum Gasteiger partial charge on any atom is 0.261 e. The van der Waals surface area contributed by atoms with Gasteiger partial charge in [-0.2, -0.15) is 0 Å². The Labute approximate surface area is 359 Å². The number of allylic oxidation sites excluding steroid dienone is 1. The van der Waals surface area contributed by atoms with Gasteiger partial charge in [-0.25, -0.2) is 0 Å². The maximum absolute atomic E-state index is 14.7. The Hall–Kier alpha value is -4.12. The monoisotopic (exact) mass is 872 g/mol. The van der Waals surface area contributed by atoms with Crippen LogP contribution in [0.5, 0.6) is 5.75 Å². The molecule has 3 heterocycles. The Bertz CT molecular complexity index is 2160. The van der Waals surface area contributed by atoms with E-state index < -0.39 is 20.2 Å². The Morgan fingerprint density at radius 2 is 1.51 bits per heavy atom. The van der Waals surface area contributed by atoms with Crippen molar-refractivity contribution in [3.8, 4) is 5.75 Å². The highest BCUT2D eigenvalue weighted by Crippen LogP contribution is 2.51. The molecule has 0 saturated carbocycles. The van der Waals surface area contributed by atoms with Gasteiger partial charge in [-0.1, -0.05) is 139 Å². The molecule has 4 aromatic carbocycles. The van der Waals surface area contributed by atoms with Crippen LogP contribution in [0.4, 0.5) is 0 Å². The van der Waals surface area contributed by atoms with E-state index in [-0.39, 0.29) is 40.7 Å². The van der Waals surface area contributed by atoms with Crippen LogP contribution in [0.1, 0.15) is 70.9 Å². The van der Waals surface area contributed by atoms with E-state index in [9.17, 15) is 14.7 Å². The number of hydrogen-bond donors (Lipinski definition) is 1. The molecular formula is C50H57BrN2O5Si. The zero-order valence-electron chi connectivity index (χ0n) is 34.8. The van der Waals surface area contributed by atoms with Crippen LogP contribution in [0.2, 0.25) is 5.04 Å². The minimum absolute atomic E-state index is 0.0126. The van der Waals surface area contributed by atoms with Crippen LogP contribution in [-0.2, 0) is 25.3 Å². The number of phenolic OH excluding ortho intramolecular Hbond substituents is 1. The number of aromatic hydroxyl groups is 1. The number of nitrogens with zero attached hydrogens (tertiary/aromatic N) is 2. The van der Waals surface area contributed by atoms with Gasteiger partial charge in [-0.05, 0) is 89.3 Å². The largest absolute Gasteiger partial charge is 0.507 e. The van der Waals surface area contributed by atoms with Crippen LogP contribution in [0.15, 0.2) is 130 Å². The first-order chi connectivity index (χ1) is 28.4. The number of benzene rings is 4. The Morgan fingerprint density at radius 1 is 0.881 bits per heavy atom. The summed E-state index contributed by atoms with van der Waals surface area (Å²) in [6.45, 7) is 12.3. The van der Waals surface area contributed by atoms with Gasteiger partial charge in [-0.3, -0.25) is 19.4 Å². The average molecular weight is 874 g/mol. The fourth-order valence-electron chi connectivity index (χ4n) is 10.5. The van der Waals surface area contributed by atoms with Crippen LogP contribution in [0, 0.1) is 17.8 Å². The molecule has 0 aromatic heterocycles. The first kappa shape index (κ1) is 41.6. The van der Waals surface area contributed by atoms with Crippen LogP contribution >= 0.6 is 15.9 Å². The molecule has 9 heteroatoms. The van der Waals surface area contributed by atoms with Crippen molar-refractivity contribution < 1.29 is 23.9 Å². The van der Waals surface area contributed by atoms with Crippen LogP contribution < -0.4 is 10.4 Å². The van der Waals surface area contributed by atoms with Crippen LogP contribution in [-0.4, -0.2) is 73.5 Å². The van der Waals surface area contributed by atoms with E-state index in [1.54, 1.807) is 11.0 Å². The summed E-state index contributed by atoms with van der Waals surface area (Å²) in [6, 6.07) is 37.3. The first-order valence-electron chi connectivity index (χ1n) is 21.3. The summed E-state index contributed by atoms with van der Waals surface area (Å²) in [5, 5.41) is 12.8. The molecule has 3 aliphatic heterocycles. The zero-order chi connectivity index (χ0) is 41.3. The highest BCUT2D eigenvalue weighted by molar-refractivity contribution is 9.10. The lowest BCUT2D eigenvalue weighted by molar-refractivity contribution is -0.144. The summed E-state index contributed by atoms with van der Waals surface area (Å²) in [4.78, 5) is 33.4. The summed E-state index contributed by atoms with van der Waals surface area (Å²) in [5.74, 6) is -0.795. The van der Waals surface area contributed by atoms with Crippen LogP contribution in [0.25, 0.3) is 6.08 Å². The molecule has 1 aliphatic carbocycles. The molecule has 4 atom stereocenters. The summed E-state index contributed by atoms with van der Waals surface area (Å²) in [5.41, 5.74) is 5.47. The second-order valence-corrected chi connectivity index (χ2v) is 23.3. The van der Waals surface area contributed by atoms with E-state index in [0.29, 0.717) is 19.6 Å². The molecular weight excluding hydrogens is 817 g/mol. The quantitative estimate of drug-likeness (QED) is 0.0871. The number of ether oxygens (including phenoxy) is 1. The number of piperidine rings is 1. The van der Waals surface area contributed by atoms with E-state index in [1.165, 1.54) is 21.5 Å². The van der Waals surface area contributed by atoms with Gasteiger partial charge in [0.2, 0.25) is 11.8 Å². The first-order valence-corrected chi connectivity index (χ1v) is 24.0. The number of phenols is 1.